The fourth-order valence-electron chi connectivity index (χ4n) is 7.13. The molecule has 0 spiro atoms. The quantitative estimate of drug-likeness (QED) is 0.517. The first-order valence-corrected chi connectivity index (χ1v) is 10.9. The SMILES string of the molecule is Cc1ccc2cc(-c3ccc(O)c(C45CC6CC(CC(C6)C4)C5)c3)ccc2c1. The van der Waals surface area contributed by atoms with Crippen molar-refractivity contribution >= 4 is 10.8 Å². The van der Waals surface area contributed by atoms with Gasteiger partial charge in [0.1, 0.15) is 5.75 Å². The Morgan fingerprint density at radius 2 is 1.29 bits per heavy atom. The number of phenols is 1. The van der Waals surface area contributed by atoms with Crippen molar-refractivity contribution in [3.8, 4) is 16.9 Å². The van der Waals surface area contributed by atoms with E-state index in [0.717, 1.165) is 17.8 Å². The lowest BCUT2D eigenvalue weighted by molar-refractivity contribution is -0.00611. The molecule has 142 valence electrons. The van der Waals surface area contributed by atoms with Crippen molar-refractivity contribution in [1.82, 2.24) is 0 Å². The molecule has 4 saturated carbocycles. The molecule has 1 heteroatoms. The van der Waals surface area contributed by atoms with Crippen LogP contribution in [-0.4, -0.2) is 5.11 Å². The van der Waals surface area contributed by atoms with Crippen LogP contribution < -0.4 is 0 Å². The van der Waals surface area contributed by atoms with Gasteiger partial charge in [-0.05, 0) is 109 Å². The minimum atomic E-state index is 0.225. The molecular formula is C27H28O. The fraction of sp³-hybridized carbons (Fsp3) is 0.407. The molecule has 3 aromatic rings. The van der Waals surface area contributed by atoms with E-state index in [2.05, 4.69) is 55.5 Å². The second-order valence-corrected chi connectivity index (χ2v) is 10.00. The third-order valence-electron chi connectivity index (χ3n) is 7.94. The molecule has 0 unspecified atom stereocenters. The molecular weight excluding hydrogens is 340 g/mol. The second kappa shape index (κ2) is 5.86. The molecule has 0 saturated heterocycles. The molecule has 0 heterocycles. The van der Waals surface area contributed by atoms with Crippen molar-refractivity contribution in [1.29, 1.82) is 0 Å². The number of aryl methyl sites for hydroxylation is 1. The molecule has 1 N–H and O–H groups in total. The van der Waals surface area contributed by atoms with Gasteiger partial charge in [-0.3, -0.25) is 0 Å². The molecule has 0 atom stereocenters. The fourth-order valence-corrected chi connectivity index (χ4v) is 7.13. The van der Waals surface area contributed by atoms with E-state index in [-0.39, 0.29) is 5.41 Å². The van der Waals surface area contributed by atoms with Crippen molar-refractivity contribution in [3.05, 3.63) is 65.7 Å². The Hall–Kier alpha value is -2.28. The van der Waals surface area contributed by atoms with Crippen LogP contribution in [0.1, 0.15) is 49.7 Å². The molecule has 3 aromatic carbocycles. The molecule has 4 aliphatic carbocycles. The number of phenolic OH excluding ortho intramolecular Hbond substituents is 1. The maximum atomic E-state index is 10.8. The highest BCUT2D eigenvalue weighted by molar-refractivity contribution is 5.88. The maximum absolute atomic E-state index is 10.8. The summed E-state index contributed by atoms with van der Waals surface area (Å²) in [5, 5.41) is 13.4. The van der Waals surface area contributed by atoms with E-state index in [9.17, 15) is 5.11 Å². The third-order valence-corrected chi connectivity index (χ3v) is 7.94. The van der Waals surface area contributed by atoms with Crippen LogP contribution >= 0.6 is 0 Å². The van der Waals surface area contributed by atoms with E-state index >= 15 is 0 Å². The zero-order valence-electron chi connectivity index (χ0n) is 16.6. The molecule has 4 bridgehead atoms. The molecule has 7 rings (SSSR count). The number of hydrogen-bond acceptors (Lipinski definition) is 1. The molecule has 4 aliphatic rings. The van der Waals surface area contributed by atoms with E-state index in [1.54, 1.807) is 0 Å². The second-order valence-electron chi connectivity index (χ2n) is 10.00. The Kier molecular flexibility index (Phi) is 3.49. The summed E-state index contributed by atoms with van der Waals surface area (Å²) >= 11 is 0. The van der Waals surface area contributed by atoms with Crippen molar-refractivity contribution in [3.63, 3.8) is 0 Å². The molecule has 0 radical (unpaired) electrons. The lowest BCUT2D eigenvalue weighted by atomic mass is 9.48. The number of benzene rings is 3. The maximum Gasteiger partial charge on any atom is 0.119 e. The standard InChI is InChI=1S/C27H28O/c1-17-2-3-22-12-23(5-4-21(22)8-17)24-6-7-26(28)25(13-24)27-14-18-9-19(15-27)11-20(10-18)16-27/h2-8,12-13,18-20,28H,9-11,14-16H2,1H3. The Labute approximate surface area is 167 Å². The van der Waals surface area contributed by atoms with Crippen molar-refractivity contribution in [2.75, 3.05) is 0 Å². The Bertz CT molecular complexity index is 1040. The summed E-state index contributed by atoms with van der Waals surface area (Å²) in [4.78, 5) is 0. The van der Waals surface area contributed by atoms with Crippen LogP contribution in [0, 0.1) is 24.7 Å². The number of aromatic hydroxyl groups is 1. The van der Waals surface area contributed by atoms with Crippen LogP contribution in [0.25, 0.3) is 21.9 Å². The van der Waals surface area contributed by atoms with E-state index in [1.165, 1.54) is 71.6 Å². The third kappa shape index (κ3) is 2.52. The first-order chi connectivity index (χ1) is 13.6. The minimum Gasteiger partial charge on any atom is -0.508 e. The minimum absolute atomic E-state index is 0.225. The van der Waals surface area contributed by atoms with Crippen LogP contribution in [0.15, 0.2) is 54.6 Å². The van der Waals surface area contributed by atoms with Crippen molar-refractivity contribution < 1.29 is 5.11 Å². The van der Waals surface area contributed by atoms with Crippen LogP contribution in [0.2, 0.25) is 0 Å². The number of rotatable bonds is 2. The van der Waals surface area contributed by atoms with Gasteiger partial charge in [-0.2, -0.15) is 0 Å². The van der Waals surface area contributed by atoms with Gasteiger partial charge < -0.3 is 5.11 Å². The van der Waals surface area contributed by atoms with Crippen molar-refractivity contribution in [2.24, 2.45) is 17.8 Å². The lowest BCUT2D eigenvalue weighted by Crippen LogP contribution is -2.48. The highest BCUT2D eigenvalue weighted by Crippen LogP contribution is 2.62. The molecule has 4 fully saturated rings. The van der Waals surface area contributed by atoms with Crippen LogP contribution in [0.5, 0.6) is 5.75 Å². The normalized spacial score (nSPS) is 30.8. The lowest BCUT2D eigenvalue weighted by Gasteiger charge is -2.57. The van der Waals surface area contributed by atoms with Gasteiger partial charge >= 0.3 is 0 Å². The Morgan fingerprint density at radius 1 is 0.714 bits per heavy atom. The van der Waals surface area contributed by atoms with Gasteiger partial charge in [0.05, 0.1) is 0 Å². The van der Waals surface area contributed by atoms with E-state index in [4.69, 9.17) is 0 Å². The predicted octanol–water partition coefficient (Wildman–Crippen LogP) is 6.99. The molecule has 0 amide bonds. The zero-order chi connectivity index (χ0) is 18.9. The predicted molar refractivity (Wildman–Crippen MR) is 116 cm³/mol. The van der Waals surface area contributed by atoms with Gasteiger partial charge in [0.2, 0.25) is 0 Å². The highest BCUT2D eigenvalue weighted by atomic mass is 16.3. The van der Waals surface area contributed by atoms with Gasteiger partial charge in [0.15, 0.2) is 0 Å². The summed E-state index contributed by atoms with van der Waals surface area (Å²) in [6.07, 6.45) is 8.16. The summed E-state index contributed by atoms with van der Waals surface area (Å²) in [5.41, 5.74) is 5.25. The molecule has 0 aromatic heterocycles. The highest BCUT2D eigenvalue weighted by Gasteiger charge is 2.52. The summed E-state index contributed by atoms with van der Waals surface area (Å²) in [5.74, 6) is 3.18. The van der Waals surface area contributed by atoms with E-state index < -0.39 is 0 Å². The van der Waals surface area contributed by atoms with Crippen molar-refractivity contribution in [2.45, 2.75) is 50.9 Å². The van der Waals surface area contributed by atoms with Crippen LogP contribution in [0.3, 0.4) is 0 Å². The summed E-state index contributed by atoms with van der Waals surface area (Å²) in [6.45, 7) is 2.14. The topological polar surface area (TPSA) is 20.2 Å². The smallest absolute Gasteiger partial charge is 0.119 e. The largest absolute Gasteiger partial charge is 0.508 e. The monoisotopic (exact) mass is 368 g/mol. The van der Waals surface area contributed by atoms with E-state index in [0.29, 0.717) is 5.75 Å². The summed E-state index contributed by atoms with van der Waals surface area (Å²) in [6, 6.07) is 19.8. The zero-order valence-corrected chi connectivity index (χ0v) is 16.6. The van der Waals surface area contributed by atoms with Gasteiger partial charge in [-0.15, -0.1) is 0 Å². The van der Waals surface area contributed by atoms with Gasteiger partial charge in [0.25, 0.3) is 0 Å². The number of hydrogen-bond donors (Lipinski definition) is 1. The van der Waals surface area contributed by atoms with E-state index in [1.807, 2.05) is 6.07 Å². The average Bonchev–Trinajstić information content (AvgIpc) is 2.67. The summed E-state index contributed by atoms with van der Waals surface area (Å²) < 4.78 is 0. The number of fused-ring (bicyclic) bond motifs is 1. The first kappa shape index (κ1) is 16.7. The molecule has 0 aliphatic heterocycles. The van der Waals surface area contributed by atoms with Crippen LogP contribution in [0.4, 0.5) is 0 Å². The Morgan fingerprint density at radius 3 is 2.00 bits per heavy atom. The van der Waals surface area contributed by atoms with Gasteiger partial charge in [-0.25, -0.2) is 0 Å². The first-order valence-electron chi connectivity index (χ1n) is 10.9. The van der Waals surface area contributed by atoms with Crippen LogP contribution in [-0.2, 0) is 5.41 Å². The van der Waals surface area contributed by atoms with Gasteiger partial charge in [0, 0.05) is 5.56 Å². The summed E-state index contributed by atoms with van der Waals surface area (Å²) in [7, 11) is 0. The average molecular weight is 369 g/mol. The molecule has 1 nitrogen and oxygen atoms in total. The van der Waals surface area contributed by atoms with Gasteiger partial charge in [-0.1, -0.05) is 42.0 Å². The molecule has 28 heavy (non-hydrogen) atoms. The Balaban J connectivity index is 1.44.